The largest absolute Gasteiger partial charge is 0.365 e. The number of piperazine rings is 1. The zero-order valence-corrected chi connectivity index (χ0v) is 18.3. The van der Waals surface area contributed by atoms with Gasteiger partial charge < -0.3 is 9.80 Å². The summed E-state index contributed by atoms with van der Waals surface area (Å²) >= 11 is 1.62. The first-order valence-corrected chi connectivity index (χ1v) is 11.1. The molecule has 158 valence electrons. The zero-order chi connectivity index (χ0) is 21.4. The van der Waals surface area contributed by atoms with Crippen LogP contribution in [0.3, 0.4) is 0 Å². The third-order valence-corrected chi connectivity index (χ3v) is 6.49. The third kappa shape index (κ3) is 3.61. The number of pyridine rings is 1. The number of hydrogen-bond donors (Lipinski definition) is 1. The van der Waals surface area contributed by atoms with E-state index in [1.165, 1.54) is 0 Å². The number of H-pyrrole nitrogens is 1. The number of carbonyl (C=O) groups excluding carboxylic acids is 1. The van der Waals surface area contributed by atoms with Crippen LogP contribution in [0, 0.1) is 13.8 Å². The molecule has 1 fully saturated rings. The summed E-state index contributed by atoms with van der Waals surface area (Å²) in [7, 11) is 0. The van der Waals surface area contributed by atoms with Crippen LogP contribution in [0.25, 0.3) is 16.4 Å². The van der Waals surface area contributed by atoms with Gasteiger partial charge in [-0.3, -0.25) is 9.89 Å². The predicted molar refractivity (Wildman–Crippen MR) is 121 cm³/mol. The number of aryl methyl sites for hydroxylation is 1. The molecule has 1 aliphatic rings. The van der Waals surface area contributed by atoms with E-state index in [9.17, 15) is 4.79 Å². The molecule has 4 aromatic heterocycles. The van der Waals surface area contributed by atoms with Crippen molar-refractivity contribution in [1.82, 2.24) is 29.9 Å². The maximum atomic E-state index is 13.0. The highest BCUT2D eigenvalue weighted by Gasteiger charge is 2.27. The number of hydrogen-bond acceptors (Lipinski definition) is 6. The van der Waals surface area contributed by atoms with Gasteiger partial charge in [0.25, 0.3) is 5.91 Å². The number of aromatic nitrogens is 5. The first-order chi connectivity index (χ1) is 15.1. The van der Waals surface area contributed by atoms with E-state index < -0.39 is 0 Å². The summed E-state index contributed by atoms with van der Waals surface area (Å²) in [6.07, 6.45) is 1.77. The Balaban J connectivity index is 1.29. The third-order valence-electron chi connectivity index (χ3n) is 5.59. The van der Waals surface area contributed by atoms with Gasteiger partial charge in [0.05, 0.1) is 27.6 Å². The van der Waals surface area contributed by atoms with Crippen molar-refractivity contribution < 1.29 is 4.79 Å². The molecule has 31 heavy (non-hydrogen) atoms. The van der Waals surface area contributed by atoms with Crippen LogP contribution in [0.4, 0.5) is 5.69 Å². The second-order valence-corrected chi connectivity index (χ2v) is 8.49. The molecule has 4 aromatic rings. The lowest BCUT2D eigenvalue weighted by Gasteiger charge is -2.35. The van der Waals surface area contributed by atoms with Crippen molar-refractivity contribution in [3.63, 3.8) is 0 Å². The first-order valence-electron chi connectivity index (χ1n) is 10.2. The van der Waals surface area contributed by atoms with Crippen LogP contribution in [-0.4, -0.2) is 61.9 Å². The number of carbonyl (C=O) groups is 1. The lowest BCUT2D eigenvalue weighted by molar-refractivity contribution is 0.0741. The molecule has 5 heterocycles. The lowest BCUT2D eigenvalue weighted by atomic mass is 10.2. The van der Waals surface area contributed by atoms with Crippen LogP contribution < -0.4 is 4.90 Å². The van der Waals surface area contributed by atoms with Gasteiger partial charge in [-0.25, -0.2) is 9.67 Å². The zero-order valence-electron chi connectivity index (χ0n) is 17.4. The summed E-state index contributed by atoms with van der Waals surface area (Å²) in [6.45, 7) is 6.89. The van der Waals surface area contributed by atoms with Gasteiger partial charge in [0, 0.05) is 32.4 Å². The van der Waals surface area contributed by atoms with Gasteiger partial charge in [0.2, 0.25) is 0 Å². The van der Waals surface area contributed by atoms with Gasteiger partial charge in [0.1, 0.15) is 0 Å². The molecule has 1 N–H and O–H groups in total. The van der Waals surface area contributed by atoms with E-state index in [0.717, 1.165) is 46.6 Å². The standard InChI is InChI=1S/C22H23N7OS/c1-15-21(16(2)29(26-15)20-7-3-4-8-23-20)27-9-11-28(12-10-27)22(30)18-14-17(24-25-18)19-6-5-13-31-19/h3-8,13-14H,9-12H2,1-2H3,(H,24,25). The second-order valence-electron chi connectivity index (χ2n) is 7.54. The summed E-state index contributed by atoms with van der Waals surface area (Å²) in [6, 6.07) is 11.7. The van der Waals surface area contributed by atoms with Crippen LogP contribution in [-0.2, 0) is 0 Å². The normalized spacial score (nSPS) is 14.3. The van der Waals surface area contributed by atoms with E-state index in [1.54, 1.807) is 17.5 Å². The monoisotopic (exact) mass is 433 g/mol. The average molecular weight is 434 g/mol. The molecule has 0 aromatic carbocycles. The summed E-state index contributed by atoms with van der Waals surface area (Å²) in [5.74, 6) is 0.777. The maximum absolute atomic E-state index is 13.0. The summed E-state index contributed by atoms with van der Waals surface area (Å²) in [5, 5.41) is 13.9. The molecule has 0 radical (unpaired) electrons. The minimum atomic E-state index is -0.0312. The van der Waals surface area contributed by atoms with E-state index in [2.05, 4.69) is 27.0 Å². The minimum Gasteiger partial charge on any atom is -0.365 e. The van der Waals surface area contributed by atoms with Crippen molar-refractivity contribution >= 4 is 22.9 Å². The minimum absolute atomic E-state index is 0.0312. The quantitative estimate of drug-likeness (QED) is 0.534. The van der Waals surface area contributed by atoms with Crippen molar-refractivity contribution in [2.45, 2.75) is 13.8 Å². The molecule has 0 bridgehead atoms. The SMILES string of the molecule is Cc1nn(-c2ccccn2)c(C)c1N1CCN(C(=O)c2cc(-c3cccs3)[nH]n2)CC1. The number of aromatic amines is 1. The Morgan fingerprint density at radius 3 is 2.65 bits per heavy atom. The Bertz CT molecular complexity index is 1190. The highest BCUT2D eigenvalue weighted by molar-refractivity contribution is 7.13. The molecule has 0 atom stereocenters. The molecular weight excluding hydrogens is 410 g/mol. The number of rotatable bonds is 4. The molecule has 1 saturated heterocycles. The Hall–Kier alpha value is -3.46. The van der Waals surface area contributed by atoms with Crippen LogP contribution in [0.5, 0.6) is 0 Å². The van der Waals surface area contributed by atoms with Gasteiger partial charge in [-0.05, 0) is 43.5 Å². The smallest absolute Gasteiger partial charge is 0.274 e. The van der Waals surface area contributed by atoms with Crippen molar-refractivity contribution in [2.24, 2.45) is 0 Å². The van der Waals surface area contributed by atoms with Crippen LogP contribution in [0.15, 0.2) is 48.0 Å². The molecule has 8 nitrogen and oxygen atoms in total. The molecule has 1 amide bonds. The van der Waals surface area contributed by atoms with Gasteiger partial charge >= 0.3 is 0 Å². The van der Waals surface area contributed by atoms with E-state index >= 15 is 0 Å². The number of amides is 1. The second kappa shape index (κ2) is 7.99. The molecule has 9 heteroatoms. The Morgan fingerprint density at radius 2 is 1.94 bits per heavy atom. The van der Waals surface area contributed by atoms with Gasteiger partial charge in [-0.1, -0.05) is 12.1 Å². The molecule has 0 unspecified atom stereocenters. The van der Waals surface area contributed by atoms with E-state index in [-0.39, 0.29) is 5.91 Å². The fourth-order valence-electron chi connectivity index (χ4n) is 4.08. The van der Waals surface area contributed by atoms with Gasteiger partial charge in [0.15, 0.2) is 11.5 Å². The highest BCUT2D eigenvalue weighted by Crippen LogP contribution is 2.28. The van der Waals surface area contributed by atoms with Gasteiger partial charge in [-0.2, -0.15) is 10.2 Å². The van der Waals surface area contributed by atoms with Crippen LogP contribution in [0.1, 0.15) is 21.9 Å². The maximum Gasteiger partial charge on any atom is 0.274 e. The summed E-state index contributed by atoms with van der Waals surface area (Å²) < 4.78 is 1.89. The number of nitrogens with zero attached hydrogens (tertiary/aromatic N) is 6. The Kier molecular flexibility index (Phi) is 5.03. The fraction of sp³-hybridized carbons (Fsp3) is 0.273. The van der Waals surface area contributed by atoms with E-state index in [0.29, 0.717) is 18.8 Å². The van der Waals surface area contributed by atoms with E-state index in [1.807, 2.05) is 58.3 Å². The average Bonchev–Trinajstić information content (AvgIpc) is 3.55. The van der Waals surface area contributed by atoms with Gasteiger partial charge in [-0.15, -0.1) is 11.3 Å². The first kappa shape index (κ1) is 19.5. The summed E-state index contributed by atoms with van der Waals surface area (Å²) in [5.41, 5.74) is 4.49. The summed E-state index contributed by atoms with van der Waals surface area (Å²) in [4.78, 5) is 22.6. The molecule has 1 aliphatic heterocycles. The predicted octanol–water partition coefficient (Wildman–Crippen LogP) is 3.30. The number of thiophene rings is 1. The number of nitrogens with one attached hydrogen (secondary N) is 1. The van der Waals surface area contributed by atoms with Crippen molar-refractivity contribution in [3.05, 3.63) is 65.1 Å². The van der Waals surface area contributed by atoms with Crippen LogP contribution in [0.2, 0.25) is 0 Å². The van der Waals surface area contributed by atoms with Crippen molar-refractivity contribution in [2.75, 3.05) is 31.1 Å². The Labute approximate surface area is 184 Å². The molecule has 5 rings (SSSR count). The Morgan fingerprint density at radius 1 is 1.10 bits per heavy atom. The molecule has 0 spiro atoms. The molecule has 0 aliphatic carbocycles. The number of anilines is 1. The van der Waals surface area contributed by atoms with Crippen molar-refractivity contribution in [3.8, 4) is 16.4 Å². The van der Waals surface area contributed by atoms with Crippen molar-refractivity contribution in [1.29, 1.82) is 0 Å². The highest BCUT2D eigenvalue weighted by atomic mass is 32.1. The fourth-order valence-corrected chi connectivity index (χ4v) is 4.77. The van der Waals surface area contributed by atoms with Crippen LogP contribution >= 0.6 is 11.3 Å². The molecule has 0 saturated carbocycles. The lowest BCUT2D eigenvalue weighted by Crippen LogP contribution is -2.49. The molecular formula is C22H23N7OS. The topological polar surface area (TPSA) is 82.9 Å². The van der Waals surface area contributed by atoms with E-state index in [4.69, 9.17) is 5.10 Å².